The van der Waals surface area contributed by atoms with E-state index < -0.39 is 6.04 Å². The fourth-order valence-corrected chi connectivity index (χ4v) is 4.01. The molecule has 2 heterocycles. The Morgan fingerprint density at radius 1 is 1.17 bits per heavy atom. The number of benzene rings is 2. The van der Waals surface area contributed by atoms with E-state index in [2.05, 4.69) is 20.3 Å². The van der Waals surface area contributed by atoms with Crippen LogP contribution in [-0.4, -0.2) is 59.4 Å². The number of amides is 1. The molecule has 0 bridgehead atoms. The van der Waals surface area contributed by atoms with Gasteiger partial charge in [0.2, 0.25) is 5.88 Å². The largest absolute Gasteiger partial charge is 0.493 e. The number of aliphatic hydroxyl groups excluding tert-OH is 1. The monoisotopic (exact) mass is 490 g/mol. The van der Waals surface area contributed by atoms with Gasteiger partial charge in [0.1, 0.15) is 5.75 Å². The van der Waals surface area contributed by atoms with E-state index >= 15 is 0 Å². The molecule has 2 aromatic carbocycles. The second kappa shape index (κ2) is 11.5. The summed E-state index contributed by atoms with van der Waals surface area (Å²) < 4.78 is 16.4. The van der Waals surface area contributed by atoms with Gasteiger partial charge in [-0.2, -0.15) is 4.98 Å². The van der Waals surface area contributed by atoms with Crippen molar-refractivity contribution in [1.29, 1.82) is 0 Å². The van der Waals surface area contributed by atoms with Crippen molar-refractivity contribution >= 4 is 16.8 Å². The molecule has 0 radical (unpaired) electrons. The second-order valence-corrected chi connectivity index (χ2v) is 8.26. The minimum absolute atomic E-state index is 0.180. The maximum Gasteiger partial charge on any atom is 0.319 e. The van der Waals surface area contributed by atoms with Crippen molar-refractivity contribution < 1.29 is 24.1 Å². The number of methoxy groups -OCH3 is 2. The Kier molecular flexibility index (Phi) is 8.02. The average molecular weight is 491 g/mol. The molecule has 1 atom stereocenters. The Hall–Kier alpha value is -4.11. The lowest BCUT2D eigenvalue weighted by Crippen LogP contribution is -2.39. The number of aromatic amines is 1. The summed E-state index contributed by atoms with van der Waals surface area (Å²) in [5, 5.41) is 14.1. The van der Waals surface area contributed by atoms with Gasteiger partial charge in [0, 0.05) is 23.3 Å². The molecule has 4 rings (SSSR count). The fraction of sp³-hybridized carbons (Fsp3) is 0.296. The minimum atomic E-state index is -0.488. The van der Waals surface area contributed by atoms with Crippen molar-refractivity contribution in [1.82, 2.24) is 20.3 Å². The van der Waals surface area contributed by atoms with Crippen LogP contribution in [-0.2, 0) is 6.42 Å². The van der Waals surface area contributed by atoms with E-state index in [1.165, 1.54) is 14.2 Å². The molecule has 1 amide bonds. The maximum absolute atomic E-state index is 13.4. The highest BCUT2D eigenvalue weighted by Crippen LogP contribution is 2.32. The first-order chi connectivity index (χ1) is 17.6. The number of nitrogens with one attached hydrogen (secondary N) is 2. The summed E-state index contributed by atoms with van der Waals surface area (Å²) in [5.74, 6) is 0.425. The van der Waals surface area contributed by atoms with Crippen LogP contribution in [0.5, 0.6) is 17.6 Å². The third-order valence-electron chi connectivity index (χ3n) is 5.80. The van der Waals surface area contributed by atoms with Gasteiger partial charge in [0.05, 0.1) is 44.6 Å². The fourth-order valence-electron chi connectivity index (χ4n) is 4.01. The molecule has 0 fully saturated rings. The zero-order valence-corrected chi connectivity index (χ0v) is 20.6. The molecular weight excluding hydrogens is 460 g/mol. The number of hydrogen-bond acceptors (Lipinski definition) is 7. The first-order valence-corrected chi connectivity index (χ1v) is 11.8. The molecule has 4 aromatic rings. The van der Waals surface area contributed by atoms with Gasteiger partial charge >= 0.3 is 6.01 Å². The summed E-state index contributed by atoms with van der Waals surface area (Å²) in [5.41, 5.74) is 3.65. The van der Waals surface area contributed by atoms with Crippen molar-refractivity contribution in [2.75, 3.05) is 27.4 Å². The molecule has 1 unspecified atom stereocenters. The van der Waals surface area contributed by atoms with Crippen LogP contribution in [0.1, 0.15) is 29.3 Å². The van der Waals surface area contributed by atoms with Gasteiger partial charge in [-0.3, -0.25) is 4.79 Å². The highest BCUT2D eigenvalue weighted by atomic mass is 16.5. The number of para-hydroxylation sites is 1. The molecule has 0 aliphatic heterocycles. The predicted octanol–water partition coefficient (Wildman–Crippen LogP) is 3.76. The summed E-state index contributed by atoms with van der Waals surface area (Å²) in [4.78, 5) is 25.1. The number of nitrogens with zero attached hydrogens (tertiary/aromatic N) is 2. The number of rotatable bonds is 11. The van der Waals surface area contributed by atoms with Gasteiger partial charge in [-0.1, -0.05) is 31.2 Å². The summed E-state index contributed by atoms with van der Waals surface area (Å²) >= 11 is 0. The average Bonchev–Trinajstić information content (AvgIpc) is 3.33. The normalized spacial score (nSPS) is 11.8. The summed E-state index contributed by atoms with van der Waals surface area (Å²) in [6.45, 7) is 2.25. The first-order valence-electron chi connectivity index (χ1n) is 11.8. The molecule has 0 aliphatic carbocycles. The van der Waals surface area contributed by atoms with Crippen LogP contribution < -0.4 is 19.5 Å². The molecule has 188 valence electrons. The Bertz CT molecular complexity index is 1340. The third-order valence-corrected chi connectivity index (χ3v) is 5.80. The molecule has 0 spiro atoms. The molecular formula is C27H30N4O5. The lowest BCUT2D eigenvalue weighted by atomic mass is 10.0. The highest BCUT2D eigenvalue weighted by molar-refractivity contribution is 5.98. The van der Waals surface area contributed by atoms with Gasteiger partial charge < -0.3 is 29.6 Å². The number of H-pyrrole nitrogens is 1. The number of fused-ring (bicyclic) bond motifs is 1. The number of carbonyl (C=O) groups is 1. The molecule has 9 heteroatoms. The number of ether oxygens (including phenoxy) is 3. The number of hydrogen-bond donors (Lipinski definition) is 3. The quantitative estimate of drug-likeness (QED) is 0.293. The number of aliphatic hydroxyl groups is 1. The lowest BCUT2D eigenvalue weighted by molar-refractivity contribution is 0.0912. The smallest absolute Gasteiger partial charge is 0.319 e. The minimum Gasteiger partial charge on any atom is -0.493 e. The van der Waals surface area contributed by atoms with Crippen LogP contribution in [0.4, 0.5) is 0 Å². The lowest BCUT2D eigenvalue weighted by Gasteiger charge is -2.18. The first kappa shape index (κ1) is 25.0. The van der Waals surface area contributed by atoms with Crippen LogP contribution in [0, 0.1) is 0 Å². The Balaban J connectivity index is 1.63. The molecule has 36 heavy (non-hydrogen) atoms. The molecule has 0 aliphatic rings. The number of aromatic nitrogens is 3. The zero-order chi connectivity index (χ0) is 25.5. The second-order valence-electron chi connectivity index (χ2n) is 8.26. The van der Waals surface area contributed by atoms with Crippen LogP contribution in [0.25, 0.3) is 22.0 Å². The Morgan fingerprint density at radius 3 is 2.75 bits per heavy atom. The van der Waals surface area contributed by atoms with E-state index in [9.17, 15) is 9.90 Å². The van der Waals surface area contributed by atoms with E-state index in [-0.39, 0.29) is 18.5 Å². The SMILES string of the molecule is CCCOc1ccc(-c2cnc(OC)nc2OC)cc1C(=O)NC(CO)Cc1c[nH]c2ccccc12. The van der Waals surface area contributed by atoms with Crippen LogP contribution >= 0.6 is 0 Å². The number of carbonyl (C=O) groups excluding carboxylic acids is 1. The Morgan fingerprint density at radius 2 is 2.00 bits per heavy atom. The summed E-state index contributed by atoms with van der Waals surface area (Å²) in [6.07, 6.45) is 4.76. The Labute approximate surface area is 209 Å². The van der Waals surface area contributed by atoms with Gasteiger partial charge in [-0.15, -0.1) is 0 Å². The van der Waals surface area contributed by atoms with Gasteiger partial charge in [0.25, 0.3) is 5.91 Å². The van der Waals surface area contributed by atoms with E-state index in [0.717, 1.165) is 22.9 Å². The van der Waals surface area contributed by atoms with Gasteiger partial charge in [-0.05, 0) is 42.2 Å². The zero-order valence-electron chi connectivity index (χ0n) is 20.6. The van der Waals surface area contributed by atoms with E-state index in [4.69, 9.17) is 14.2 Å². The van der Waals surface area contributed by atoms with Crippen molar-refractivity contribution in [2.24, 2.45) is 0 Å². The van der Waals surface area contributed by atoms with E-state index in [1.807, 2.05) is 43.5 Å². The summed E-state index contributed by atoms with van der Waals surface area (Å²) in [7, 11) is 2.98. The molecule has 0 saturated heterocycles. The van der Waals surface area contributed by atoms with Gasteiger partial charge in [-0.25, -0.2) is 4.98 Å². The van der Waals surface area contributed by atoms with Crippen molar-refractivity contribution in [2.45, 2.75) is 25.8 Å². The standard InChI is InChI=1S/C27H30N4O5/c1-4-11-36-24-10-9-17(22-15-29-27(35-3)31-26(22)34-2)13-21(24)25(33)30-19(16-32)12-18-14-28-23-8-6-5-7-20(18)23/h5-10,13-15,19,28,32H,4,11-12,16H2,1-3H3,(H,30,33). The van der Waals surface area contributed by atoms with Crippen LogP contribution in [0.15, 0.2) is 54.9 Å². The van der Waals surface area contributed by atoms with Crippen molar-refractivity contribution in [3.8, 4) is 28.8 Å². The molecule has 9 nitrogen and oxygen atoms in total. The predicted molar refractivity (Wildman–Crippen MR) is 137 cm³/mol. The highest BCUT2D eigenvalue weighted by Gasteiger charge is 2.21. The molecule has 2 aromatic heterocycles. The van der Waals surface area contributed by atoms with Gasteiger partial charge in [0.15, 0.2) is 0 Å². The maximum atomic E-state index is 13.4. The third kappa shape index (κ3) is 5.41. The van der Waals surface area contributed by atoms with Crippen molar-refractivity contribution in [3.63, 3.8) is 0 Å². The van der Waals surface area contributed by atoms with E-state index in [0.29, 0.717) is 41.3 Å². The molecule has 0 saturated carbocycles. The van der Waals surface area contributed by atoms with Crippen LogP contribution in [0.3, 0.4) is 0 Å². The topological polar surface area (TPSA) is 119 Å². The molecule has 3 N–H and O–H groups in total. The van der Waals surface area contributed by atoms with Crippen molar-refractivity contribution in [3.05, 3.63) is 66.0 Å². The van der Waals surface area contributed by atoms with E-state index in [1.54, 1.807) is 18.3 Å². The van der Waals surface area contributed by atoms with Crippen LogP contribution in [0.2, 0.25) is 0 Å². The summed E-state index contributed by atoms with van der Waals surface area (Å²) in [6, 6.07) is 12.9.